The maximum absolute atomic E-state index is 5.53. The van der Waals surface area contributed by atoms with Crippen molar-refractivity contribution in [3.05, 3.63) is 20.7 Å². The summed E-state index contributed by atoms with van der Waals surface area (Å²) in [5.74, 6) is 1.22. The number of fused-ring (bicyclic) bond motifs is 2. The molecule has 0 saturated carbocycles. The van der Waals surface area contributed by atoms with Crippen molar-refractivity contribution in [3.63, 3.8) is 0 Å². The van der Waals surface area contributed by atoms with Gasteiger partial charge in [0, 0.05) is 13.8 Å². The Labute approximate surface area is 107 Å². The highest BCUT2D eigenvalue weighted by Gasteiger charge is 2.20. The molecule has 0 unspecified atom stereocenters. The maximum Gasteiger partial charge on any atom is 0.192 e. The fourth-order valence-corrected chi connectivity index (χ4v) is 2.74. The number of benzene rings is 1. The number of nitrogens with zero attached hydrogens (tertiary/aromatic N) is 2. The molecule has 0 atom stereocenters. The molecule has 4 nitrogen and oxygen atoms in total. The van der Waals surface area contributed by atoms with Gasteiger partial charge in [0.1, 0.15) is 11.0 Å². The maximum atomic E-state index is 5.53. The van der Waals surface area contributed by atoms with Gasteiger partial charge in [0.15, 0.2) is 22.9 Å². The quantitative estimate of drug-likeness (QED) is 0.615. The summed E-state index contributed by atoms with van der Waals surface area (Å²) < 4.78 is 12.6. The van der Waals surface area contributed by atoms with Crippen LogP contribution in [0.2, 0.25) is 0 Å². The van der Waals surface area contributed by atoms with E-state index in [-0.39, 0.29) is 0 Å². The van der Waals surface area contributed by atoms with Gasteiger partial charge in [-0.3, -0.25) is 0 Å². The Morgan fingerprint density at radius 1 is 0.812 bits per heavy atom. The van der Waals surface area contributed by atoms with Gasteiger partial charge in [0.25, 0.3) is 0 Å². The molecule has 0 radical (unpaired) electrons. The lowest BCUT2D eigenvalue weighted by atomic mass is 10.3. The molecule has 82 valence electrons. The summed E-state index contributed by atoms with van der Waals surface area (Å²) >= 11 is 6.93. The van der Waals surface area contributed by atoms with Gasteiger partial charge in [-0.2, -0.15) is 0 Å². The Balaban J connectivity index is 2.63. The van der Waals surface area contributed by atoms with E-state index in [4.69, 9.17) is 8.83 Å². The van der Waals surface area contributed by atoms with Crippen LogP contribution in [0.3, 0.4) is 0 Å². The first-order valence-electron chi connectivity index (χ1n) is 4.59. The van der Waals surface area contributed by atoms with E-state index in [1.807, 2.05) is 0 Å². The van der Waals surface area contributed by atoms with Crippen molar-refractivity contribution in [2.75, 3.05) is 0 Å². The minimum atomic E-state index is 0.612. The number of aromatic nitrogens is 2. The molecule has 0 saturated heterocycles. The Hall–Kier alpha value is -0.880. The molecule has 0 aliphatic heterocycles. The Morgan fingerprint density at radius 3 is 1.56 bits per heavy atom. The number of hydrogen-bond acceptors (Lipinski definition) is 4. The SMILES string of the molecule is Cc1nc2c(Br)c3oc(C)nc3c(Br)c2o1. The second-order valence-electron chi connectivity index (χ2n) is 3.45. The van der Waals surface area contributed by atoms with Gasteiger partial charge in [-0.1, -0.05) is 0 Å². The monoisotopic (exact) mass is 344 g/mol. The zero-order valence-corrected chi connectivity index (χ0v) is 11.6. The Kier molecular flexibility index (Phi) is 2.12. The molecule has 0 aliphatic carbocycles. The molecule has 3 rings (SSSR count). The van der Waals surface area contributed by atoms with Gasteiger partial charge in [0.05, 0.1) is 8.95 Å². The molecule has 0 bridgehead atoms. The lowest BCUT2D eigenvalue weighted by molar-refractivity contribution is 0.558. The Morgan fingerprint density at radius 2 is 1.19 bits per heavy atom. The highest BCUT2D eigenvalue weighted by molar-refractivity contribution is 9.11. The van der Waals surface area contributed by atoms with Crippen LogP contribution in [0.25, 0.3) is 22.2 Å². The van der Waals surface area contributed by atoms with E-state index in [9.17, 15) is 0 Å². The average molecular weight is 346 g/mol. The first-order valence-corrected chi connectivity index (χ1v) is 6.17. The number of oxazole rings is 2. The van der Waals surface area contributed by atoms with Gasteiger partial charge >= 0.3 is 0 Å². The summed E-state index contributed by atoms with van der Waals surface area (Å²) in [7, 11) is 0. The number of hydrogen-bond donors (Lipinski definition) is 0. The van der Waals surface area contributed by atoms with Crippen molar-refractivity contribution in [2.24, 2.45) is 0 Å². The third-order valence-corrected chi connectivity index (χ3v) is 3.75. The van der Waals surface area contributed by atoms with Gasteiger partial charge in [-0.25, -0.2) is 9.97 Å². The smallest absolute Gasteiger partial charge is 0.192 e. The molecule has 3 aromatic rings. The molecule has 6 heteroatoms. The van der Waals surface area contributed by atoms with E-state index in [1.54, 1.807) is 13.8 Å². The number of halogens is 2. The fraction of sp³-hybridized carbons (Fsp3) is 0.200. The van der Waals surface area contributed by atoms with Crippen LogP contribution in [-0.2, 0) is 0 Å². The van der Waals surface area contributed by atoms with Crippen LogP contribution in [0.15, 0.2) is 17.8 Å². The van der Waals surface area contributed by atoms with Crippen molar-refractivity contribution in [3.8, 4) is 0 Å². The van der Waals surface area contributed by atoms with Crippen LogP contribution in [0.5, 0.6) is 0 Å². The third-order valence-electron chi connectivity index (χ3n) is 2.28. The van der Waals surface area contributed by atoms with Crippen LogP contribution in [0.4, 0.5) is 0 Å². The van der Waals surface area contributed by atoms with E-state index in [0.717, 1.165) is 20.0 Å². The second-order valence-corrected chi connectivity index (χ2v) is 5.04. The molecule has 0 fully saturated rings. The van der Waals surface area contributed by atoms with E-state index in [1.165, 1.54) is 0 Å². The highest BCUT2D eigenvalue weighted by Crippen LogP contribution is 2.39. The zero-order valence-electron chi connectivity index (χ0n) is 8.47. The van der Waals surface area contributed by atoms with Gasteiger partial charge in [-0.15, -0.1) is 0 Å². The molecule has 0 aliphatic rings. The van der Waals surface area contributed by atoms with Crippen molar-refractivity contribution < 1.29 is 8.83 Å². The standard InChI is InChI=1S/C10H6Br2N2O2/c1-3-13-7-5(11)10-8(14-4(2)16-10)6(12)9(7)15-3/h1-2H3. The van der Waals surface area contributed by atoms with Crippen LogP contribution in [0, 0.1) is 13.8 Å². The predicted molar refractivity (Wildman–Crippen MR) is 66.5 cm³/mol. The summed E-state index contributed by atoms with van der Waals surface area (Å²) in [6.45, 7) is 3.61. The van der Waals surface area contributed by atoms with Crippen molar-refractivity contribution in [1.82, 2.24) is 9.97 Å². The van der Waals surface area contributed by atoms with Crippen molar-refractivity contribution >= 4 is 54.1 Å². The minimum absolute atomic E-state index is 0.612. The number of rotatable bonds is 0. The van der Waals surface area contributed by atoms with Crippen molar-refractivity contribution in [1.29, 1.82) is 0 Å². The van der Waals surface area contributed by atoms with E-state index in [0.29, 0.717) is 22.9 Å². The van der Waals surface area contributed by atoms with Crippen LogP contribution in [-0.4, -0.2) is 9.97 Å². The topological polar surface area (TPSA) is 52.1 Å². The minimum Gasteiger partial charge on any atom is -0.440 e. The van der Waals surface area contributed by atoms with Crippen LogP contribution < -0.4 is 0 Å². The molecule has 2 heterocycles. The van der Waals surface area contributed by atoms with E-state index in [2.05, 4.69) is 41.8 Å². The average Bonchev–Trinajstić information content (AvgIpc) is 2.78. The van der Waals surface area contributed by atoms with Gasteiger partial charge in [-0.05, 0) is 31.9 Å². The third kappa shape index (κ3) is 1.26. The largest absolute Gasteiger partial charge is 0.440 e. The molecular weight excluding hydrogens is 340 g/mol. The van der Waals surface area contributed by atoms with Crippen LogP contribution in [0.1, 0.15) is 11.8 Å². The zero-order chi connectivity index (χ0) is 11.4. The fourth-order valence-electron chi connectivity index (χ4n) is 1.66. The summed E-state index contributed by atoms with van der Waals surface area (Å²) in [6.07, 6.45) is 0. The lowest BCUT2D eigenvalue weighted by Gasteiger charge is -1.95. The molecule has 2 aromatic heterocycles. The lowest BCUT2D eigenvalue weighted by Crippen LogP contribution is -1.78. The summed E-state index contributed by atoms with van der Waals surface area (Å²) in [4.78, 5) is 8.60. The van der Waals surface area contributed by atoms with E-state index < -0.39 is 0 Å². The summed E-state index contributed by atoms with van der Waals surface area (Å²) in [5, 5.41) is 0. The number of aryl methyl sites for hydroxylation is 2. The van der Waals surface area contributed by atoms with Gasteiger partial charge in [0.2, 0.25) is 0 Å². The molecule has 0 spiro atoms. The molecular formula is C10H6Br2N2O2. The summed E-state index contributed by atoms with van der Waals surface area (Å²) in [6, 6.07) is 0. The summed E-state index contributed by atoms with van der Waals surface area (Å²) in [5.41, 5.74) is 2.86. The molecule has 0 amide bonds. The van der Waals surface area contributed by atoms with E-state index >= 15 is 0 Å². The highest BCUT2D eigenvalue weighted by atomic mass is 79.9. The van der Waals surface area contributed by atoms with Gasteiger partial charge < -0.3 is 8.83 Å². The molecule has 16 heavy (non-hydrogen) atoms. The first kappa shape index (κ1) is 10.3. The molecule has 1 aromatic carbocycles. The normalized spacial score (nSPS) is 11.8. The van der Waals surface area contributed by atoms with Crippen LogP contribution >= 0.6 is 31.9 Å². The first-order chi connectivity index (χ1) is 7.58. The van der Waals surface area contributed by atoms with Crippen molar-refractivity contribution in [2.45, 2.75) is 13.8 Å². The predicted octanol–water partition coefficient (Wildman–Crippen LogP) is 4.11. The Bertz CT molecular complexity index is 600. The second kappa shape index (κ2) is 3.30. The molecule has 0 N–H and O–H groups in total.